The van der Waals surface area contributed by atoms with E-state index in [0.717, 1.165) is 41.4 Å². The van der Waals surface area contributed by atoms with Crippen LogP contribution in [0.1, 0.15) is 120 Å². The van der Waals surface area contributed by atoms with Crippen LogP contribution in [0.5, 0.6) is 0 Å². The molecule has 0 heteroatoms. The van der Waals surface area contributed by atoms with Crippen molar-refractivity contribution in [1.29, 1.82) is 0 Å². The fourth-order valence-electron chi connectivity index (χ4n) is 9.26. The van der Waals surface area contributed by atoms with Gasteiger partial charge >= 0.3 is 0 Å². The second kappa shape index (κ2) is 7.92. The molecule has 10 atom stereocenters. The lowest BCUT2D eigenvalue weighted by Crippen LogP contribution is -2.55. The van der Waals surface area contributed by atoms with Gasteiger partial charge in [-0.15, -0.1) is 0 Å². The van der Waals surface area contributed by atoms with Gasteiger partial charge in [0.1, 0.15) is 0 Å². The third-order valence-electron chi connectivity index (χ3n) is 12.0. The maximum Gasteiger partial charge on any atom is -0.0243 e. The molecule has 3 fully saturated rings. The van der Waals surface area contributed by atoms with Crippen molar-refractivity contribution in [2.75, 3.05) is 0 Å². The van der Waals surface area contributed by atoms with Crippen LogP contribution in [0.2, 0.25) is 0 Å². The quantitative estimate of drug-likeness (QED) is 0.389. The summed E-state index contributed by atoms with van der Waals surface area (Å²) < 4.78 is 0. The van der Waals surface area contributed by atoms with Crippen LogP contribution in [0, 0.1) is 57.7 Å². The zero-order valence-electron chi connectivity index (χ0n) is 20.9. The van der Waals surface area contributed by atoms with E-state index in [4.69, 9.17) is 0 Å². The van der Waals surface area contributed by atoms with Crippen molar-refractivity contribution in [3.05, 3.63) is 0 Å². The van der Waals surface area contributed by atoms with Crippen LogP contribution < -0.4 is 0 Å². The van der Waals surface area contributed by atoms with Crippen molar-refractivity contribution in [2.24, 2.45) is 57.7 Å². The summed E-state index contributed by atoms with van der Waals surface area (Å²) in [4.78, 5) is 0. The minimum atomic E-state index is 0.504. The molecule has 0 aliphatic heterocycles. The Kier molecular flexibility index (Phi) is 6.42. The van der Waals surface area contributed by atoms with Crippen LogP contribution in [0.15, 0.2) is 0 Å². The van der Waals surface area contributed by atoms with Crippen LogP contribution in [-0.2, 0) is 0 Å². The Hall–Kier alpha value is 0. The van der Waals surface area contributed by atoms with Crippen LogP contribution in [-0.4, -0.2) is 0 Å². The SMILES string of the molecule is CCCC(CC1CC2C(C)C3CC(CC23C)C(C)(CC)C1(C)CC)C(C)CC. The van der Waals surface area contributed by atoms with E-state index in [1.54, 1.807) is 0 Å². The van der Waals surface area contributed by atoms with Crippen LogP contribution in [0.25, 0.3) is 0 Å². The first-order chi connectivity index (χ1) is 13.1. The highest BCUT2D eigenvalue weighted by molar-refractivity contribution is 5.16. The highest BCUT2D eigenvalue weighted by Gasteiger charge is 2.67. The summed E-state index contributed by atoms with van der Waals surface area (Å²) in [5.41, 5.74) is 1.69. The van der Waals surface area contributed by atoms with Gasteiger partial charge in [-0.05, 0) is 96.2 Å². The third-order valence-corrected chi connectivity index (χ3v) is 12.0. The monoisotopic (exact) mass is 388 g/mol. The second-order valence-electron chi connectivity index (χ2n) is 12.4. The van der Waals surface area contributed by atoms with Gasteiger partial charge in [0.15, 0.2) is 0 Å². The molecule has 3 rings (SSSR count). The summed E-state index contributed by atoms with van der Waals surface area (Å²) in [5.74, 6) is 6.70. The van der Waals surface area contributed by atoms with E-state index >= 15 is 0 Å². The van der Waals surface area contributed by atoms with Crippen molar-refractivity contribution < 1.29 is 0 Å². The van der Waals surface area contributed by atoms with Crippen molar-refractivity contribution in [2.45, 2.75) is 120 Å². The van der Waals surface area contributed by atoms with Crippen molar-refractivity contribution >= 4 is 0 Å². The highest BCUT2D eigenvalue weighted by atomic mass is 14.7. The molecule has 28 heavy (non-hydrogen) atoms. The normalized spacial score (nSPS) is 49.8. The molecule has 0 aromatic rings. The van der Waals surface area contributed by atoms with Gasteiger partial charge in [0.05, 0.1) is 0 Å². The fraction of sp³-hybridized carbons (Fsp3) is 1.00. The van der Waals surface area contributed by atoms with E-state index in [-0.39, 0.29) is 0 Å². The van der Waals surface area contributed by atoms with Gasteiger partial charge < -0.3 is 0 Å². The lowest BCUT2D eigenvalue weighted by molar-refractivity contribution is -0.133. The Morgan fingerprint density at radius 2 is 1.50 bits per heavy atom. The zero-order chi connectivity index (χ0) is 20.9. The Labute approximate surface area is 178 Å². The topological polar surface area (TPSA) is 0 Å². The van der Waals surface area contributed by atoms with Gasteiger partial charge in [-0.2, -0.15) is 0 Å². The Morgan fingerprint density at radius 3 is 2.04 bits per heavy atom. The predicted molar refractivity (Wildman–Crippen MR) is 124 cm³/mol. The fourth-order valence-corrected chi connectivity index (χ4v) is 9.26. The predicted octanol–water partition coefficient (Wildman–Crippen LogP) is 8.99. The standard InChI is InChI=1S/C28H52/c1-10-14-21(19(5)11-2)15-22-16-24-20(6)25-17-23(18-26(24,25)7)28(9,13-4)27(22,8)12-3/h19-25H,10-18H2,1-9H3. The number of hydrogen-bond donors (Lipinski definition) is 0. The van der Waals surface area contributed by atoms with E-state index in [9.17, 15) is 0 Å². The van der Waals surface area contributed by atoms with Crippen molar-refractivity contribution in [1.82, 2.24) is 0 Å². The zero-order valence-corrected chi connectivity index (χ0v) is 20.9. The largest absolute Gasteiger partial charge is 0.0654 e. The number of rotatable bonds is 8. The van der Waals surface area contributed by atoms with Gasteiger partial charge in [-0.1, -0.05) is 81.6 Å². The molecular weight excluding hydrogens is 336 g/mol. The van der Waals surface area contributed by atoms with Gasteiger partial charge in [-0.25, -0.2) is 0 Å². The van der Waals surface area contributed by atoms with Gasteiger partial charge in [0.2, 0.25) is 0 Å². The molecule has 0 N–H and O–H groups in total. The van der Waals surface area contributed by atoms with E-state index in [1.165, 1.54) is 57.8 Å². The molecule has 0 saturated heterocycles. The minimum Gasteiger partial charge on any atom is -0.0654 e. The molecule has 2 bridgehead atoms. The lowest BCUT2D eigenvalue weighted by atomic mass is 9.43. The first kappa shape index (κ1) is 22.7. The second-order valence-corrected chi connectivity index (χ2v) is 12.4. The van der Waals surface area contributed by atoms with Crippen LogP contribution in [0.3, 0.4) is 0 Å². The third kappa shape index (κ3) is 3.05. The lowest BCUT2D eigenvalue weighted by Gasteiger charge is -2.62. The van der Waals surface area contributed by atoms with E-state index in [0.29, 0.717) is 16.2 Å². The molecule has 0 aromatic carbocycles. The van der Waals surface area contributed by atoms with Crippen LogP contribution >= 0.6 is 0 Å². The molecule has 3 aliphatic rings. The average Bonchev–Trinajstić information content (AvgIpc) is 3.03. The first-order valence-electron chi connectivity index (χ1n) is 13.1. The molecular formula is C28H52. The first-order valence-corrected chi connectivity index (χ1v) is 13.1. The Balaban J connectivity index is 2.01. The van der Waals surface area contributed by atoms with E-state index < -0.39 is 0 Å². The van der Waals surface area contributed by atoms with Gasteiger partial charge in [0.25, 0.3) is 0 Å². The van der Waals surface area contributed by atoms with Gasteiger partial charge in [-0.3, -0.25) is 0 Å². The van der Waals surface area contributed by atoms with E-state index in [1.807, 2.05) is 0 Å². The Bertz CT molecular complexity index is 536. The van der Waals surface area contributed by atoms with Gasteiger partial charge in [0, 0.05) is 0 Å². The summed E-state index contributed by atoms with van der Waals surface area (Å²) in [6, 6.07) is 0. The molecule has 164 valence electrons. The minimum absolute atomic E-state index is 0.504. The molecule has 0 nitrogen and oxygen atoms in total. The molecule has 3 saturated carbocycles. The number of fused-ring (bicyclic) bond motifs is 1. The summed E-state index contributed by atoms with van der Waals surface area (Å²) >= 11 is 0. The van der Waals surface area contributed by atoms with E-state index in [2.05, 4.69) is 62.3 Å². The molecule has 0 spiro atoms. The molecule has 10 unspecified atom stereocenters. The Morgan fingerprint density at radius 1 is 0.893 bits per heavy atom. The van der Waals surface area contributed by atoms with Crippen LogP contribution in [0.4, 0.5) is 0 Å². The summed E-state index contributed by atoms with van der Waals surface area (Å²) in [6.07, 6.45) is 13.0. The van der Waals surface area contributed by atoms with Crippen molar-refractivity contribution in [3.8, 4) is 0 Å². The maximum atomic E-state index is 2.74. The molecule has 0 heterocycles. The van der Waals surface area contributed by atoms with Crippen molar-refractivity contribution in [3.63, 3.8) is 0 Å². The smallest absolute Gasteiger partial charge is 0.0243 e. The highest BCUT2D eigenvalue weighted by Crippen LogP contribution is 2.75. The molecule has 3 aliphatic carbocycles. The maximum absolute atomic E-state index is 2.74. The summed E-state index contributed by atoms with van der Waals surface area (Å²) in [6.45, 7) is 23.2. The molecule has 0 aromatic heterocycles. The average molecular weight is 389 g/mol. The summed E-state index contributed by atoms with van der Waals surface area (Å²) in [5, 5.41) is 0. The molecule has 0 radical (unpaired) electrons. The molecule has 0 amide bonds. The summed E-state index contributed by atoms with van der Waals surface area (Å²) in [7, 11) is 0. The number of hydrogen-bond acceptors (Lipinski definition) is 0.